The lowest BCUT2D eigenvalue weighted by Gasteiger charge is -2.18. The van der Waals surface area contributed by atoms with Crippen molar-refractivity contribution >= 4 is 11.9 Å². The molecule has 0 bridgehead atoms. The van der Waals surface area contributed by atoms with Gasteiger partial charge in [-0.1, -0.05) is 185 Å². The highest BCUT2D eigenvalue weighted by Crippen LogP contribution is 2.13. The van der Waals surface area contributed by atoms with Crippen molar-refractivity contribution < 1.29 is 23.8 Å². The second kappa shape index (κ2) is 45.3. The molecule has 0 fully saturated rings. The van der Waals surface area contributed by atoms with Crippen LogP contribution in [-0.2, 0) is 23.8 Å². The summed E-state index contributed by atoms with van der Waals surface area (Å²) >= 11 is 0. The van der Waals surface area contributed by atoms with Crippen molar-refractivity contribution in [1.29, 1.82) is 0 Å². The van der Waals surface area contributed by atoms with Gasteiger partial charge in [0.1, 0.15) is 6.61 Å². The molecule has 0 aromatic rings. The monoisotopic (exact) mass is 757 g/mol. The molecule has 0 aliphatic heterocycles. The summed E-state index contributed by atoms with van der Waals surface area (Å²) in [5.41, 5.74) is 0. The van der Waals surface area contributed by atoms with Gasteiger partial charge in [-0.2, -0.15) is 0 Å². The van der Waals surface area contributed by atoms with Crippen LogP contribution in [0.4, 0.5) is 0 Å². The van der Waals surface area contributed by atoms with Gasteiger partial charge in [0.2, 0.25) is 0 Å². The van der Waals surface area contributed by atoms with E-state index in [0.29, 0.717) is 19.4 Å². The van der Waals surface area contributed by atoms with Gasteiger partial charge < -0.3 is 14.2 Å². The molecule has 54 heavy (non-hydrogen) atoms. The van der Waals surface area contributed by atoms with Gasteiger partial charge in [-0.25, -0.2) is 0 Å². The zero-order valence-corrected chi connectivity index (χ0v) is 36.0. The molecule has 0 amide bonds. The molecule has 1 atom stereocenters. The van der Waals surface area contributed by atoms with Crippen molar-refractivity contribution in [3.8, 4) is 0 Å². The molecule has 0 radical (unpaired) electrons. The van der Waals surface area contributed by atoms with Crippen LogP contribution in [0.5, 0.6) is 0 Å². The summed E-state index contributed by atoms with van der Waals surface area (Å²) in [6, 6.07) is 0. The molecule has 0 saturated heterocycles. The van der Waals surface area contributed by atoms with Crippen molar-refractivity contribution in [3.05, 3.63) is 48.6 Å². The number of hydrogen-bond acceptors (Lipinski definition) is 5. The van der Waals surface area contributed by atoms with E-state index in [1.165, 1.54) is 122 Å². The molecule has 0 N–H and O–H groups in total. The normalized spacial score (nSPS) is 12.6. The topological polar surface area (TPSA) is 61.8 Å². The van der Waals surface area contributed by atoms with Crippen molar-refractivity contribution in [3.63, 3.8) is 0 Å². The number of carbonyl (C=O) groups is 2. The maximum Gasteiger partial charge on any atom is 0.306 e. The highest BCUT2D eigenvalue weighted by molar-refractivity contribution is 5.70. The Labute approximate surface area is 335 Å². The van der Waals surface area contributed by atoms with Gasteiger partial charge in [-0.15, -0.1) is 0 Å². The van der Waals surface area contributed by atoms with E-state index in [-0.39, 0.29) is 25.2 Å². The Hall–Kier alpha value is -2.14. The Morgan fingerprint density at radius 3 is 1.37 bits per heavy atom. The predicted molar refractivity (Wildman–Crippen MR) is 233 cm³/mol. The average Bonchev–Trinajstić information content (AvgIpc) is 3.17. The third-order valence-corrected chi connectivity index (χ3v) is 9.85. The van der Waals surface area contributed by atoms with E-state index in [1.54, 1.807) is 0 Å². The fourth-order valence-electron chi connectivity index (χ4n) is 6.40. The van der Waals surface area contributed by atoms with Crippen molar-refractivity contribution in [1.82, 2.24) is 0 Å². The van der Waals surface area contributed by atoms with Gasteiger partial charge in [0.25, 0.3) is 0 Å². The van der Waals surface area contributed by atoms with Gasteiger partial charge in [-0.05, 0) is 77.0 Å². The van der Waals surface area contributed by atoms with Crippen LogP contribution in [0.3, 0.4) is 0 Å². The largest absolute Gasteiger partial charge is 0.462 e. The molecule has 0 spiro atoms. The van der Waals surface area contributed by atoms with E-state index in [4.69, 9.17) is 14.2 Å². The van der Waals surface area contributed by atoms with Crippen LogP contribution in [0, 0.1) is 0 Å². The Bertz CT molecular complexity index is 904. The van der Waals surface area contributed by atoms with Gasteiger partial charge >= 0.3 is 11.9 Å². The highest BCUT2D eigenvalue weighted by Gasteiger charge is 2.17. The van der Waals surface area contributed by atoms with E-state index >= 15 is 0 Å². The molecule has 5 nitrogen and oxygen atoms in total. The third-order valence-electron chi connectivity index (χ3n) is 9.85. The van der Waals surface area contributed by atoms with Gasteiger partial charge in [0.15, 0.2) is 6.10 Å². The minimum absolute atomic E-state index is 0.0730. The first-order valence-electron chi connectivity index (χ1n) is 23.2. The minimum Gasteiger partial charge on any atom is -0.462 e. The highest BCUT2D eigenvalue weighted by atomic mass is 16.6. The summed E-state index contributed by atoms with van der Waals surface area (Å²) < 4.78 is 17.2. The van der Waals surface area contributed by atoms with Crippen molar-refractivity contribution in [2.45, 2.75) is 232 Å². The van der Waals surface area contributed by atoms with Gasteiger partial charge in [0, 0.05) is 19.4 Å². The first-order chi connectivity index (χ1) is 26.6. The lowest BCUT2D eigenvalue weighted by molar-refractivity contribution is -0.163. The van der Waals surface area contributed by atoms with Crippen LogP contribution in [0.25, 0.3) is 0 Å². The Morgan fingerprint density at radius 2 is 0.833 bits per heavy atom. The van der Waals surface area contributed by atoms with Crippen LogP contribution in [-0.4, -0.2) is 37.9 Å². The number of ether oxygens (including phenoxy) is 3. The van der Waals surface area contributed by atoms with E-state index < -0.39 is 6.10 Å². The first-order valence-corrected chi connectivity index (χ1v) is 23.2. The summed E-state index contributed by atoms with van der Waals surface area (Å²) in [5.74, 6) is -0.433. The SMILES string of the molecule is CC/C=C\C/C=C\C/C=C\CCCCCC(=O)OC(COCCCCCCCCCC)COC(=O)CCCCCCCCC/C=C\CCCCCCCC. The van der Waals surface area contributed by atoms with Crippen LogP contribution in [0.2, 0.25) is 0 Å². The van der Waals surface area contributed by atoms with E-state index in [2.05, 4.69) is 69.4 Å². The Balaban J connectivity index is 4.20. The van der Waals surface area contributed by atoms with Crippen molar-refractivity contribution in [2.24, 2.45) is 0 Å². The lowest BCUT2D eigenvalue weighted by Crippen LogP contribution is -2.30. The van der Waals surface area contributed by atoms with Crippen LogP contribution >= 0.6 is 0 Å². The number of carbonyl (C=O) groups excluding carboxylic acids is 2. The summed E-state index contributed by atoms with van der Waals surface area (Å²) in [5, 5.41) is 0. The van der Waals surface area contributed by atoms with E-state index in [9.17, 15) is 9.59 Å². The zero-order valence-electron chi connectivity index (χ0n) is 36.0. The molecule has 0 saturated carbocycles. The Kier molecular flexibility index (Phi) is 43.5. The molecule has 314 valence electrons. The first kappa shape index (κ1) is 51.9. The number of allylic oxidation sites excluding steroid dienone is 8. The average molecular weight is 757 g/mol. The van der Waals surface area contributed by atoms with Crippen molar-refractivity contribution in [2.75, 3.05) is 19.8 Å². The van der Waals surface area contributed by atoms with Crippen LogP contribution in [0.1, 0.15) is 226 Å². The molecule has 0 aliphatic carbocycles. The Morgan fingerprint density at radius 1 is 0.426 bits per heavy atom. The molecule has 5 heteroatoms. The lowest BCUT2D eigenvalue weighted by atomic mass is 10.1. The molecule has 1 unspecified atom stereocenters. The molecule has 0 aromatic heterocycles. The van der Waals surface area contributed by atoms with E-state index in [0.717, 1.165) is 70.6 Å². The fourth-order valence-corrected chi connectivity index (χ4v) is 6.40. The van der Waals surface area contributed by atoms with E-state index in [1.807, 2.05) is 0 Å². The summed E-state index contributed by atoms with van der Waals surface area (Å²) in [6.45, 7) is 7.67. The smallest absolute Gasteiger partial charge is 0.306 e. The van der Waals surface area contributed by atoms with Gasteiger partial charge in [0.05, 0.1) is 6.61 Å². The maximum atomic E-state index is 12.7. The molecular formula is C49H88O5. The summed E-state index contributed by atoms with van der Waals surface area (Å²) in [4.78, 5) is 25.2. The second-order valence-electron chi connectivity index (χ2n) is 15.3. The number of esters is 2. The summed E-state index contributed by atoms with van der Waals surface area (Å²) in [6.07, 6.45) is 54.0. The number of hydrogen-bond donors (Lipinski definition) is 0. The molecule has 0 aliphatic rings. The standard InChI is InChI=1S/C49H88O5/c1-4-7-10-13-16-19-21-23-24-25-26-28-29-31-33-36-39-42-48(50)53-46-47(45-52-44-41-38-35-18-15-12-9-6-3)54-49(51)43-40-37-34-32-30-27-22-20-17-14-11-8-5-2/h8,11,17,20,23-24,27,30,47H,4-7,9-10,12-16,18-19,21-22,25-26,28-29,31-46H2,1-3H3/b11-8-,20-17-,24-23-,30-27-. The van der Waals surface area contributed by atoms with Gasteiger partial charge in [-0.3, -0.25) is 9.59 Å². The van der Waals surface area contributed by atoms with Crippen LogP contribution in [0.15, 0.2) is 48.6 Å². The molecule has 0 rings (SSSR count). The number of rotatable bonds is 42. The van der Waals surface area contributed by atoms with Crippen LogP contribution < -0.4 is 0 Å². The summed E-state index contributed by atoms with van der Waals surface area (Å²) in [7, 11) is 0. The molecular weight excluding hydrogens is 669 g/mol. The minimum atomic E-state index is -0.547. The second-order valence-corrected chi connectivity index (χ2v) is 15.3. The maximum absolute atomic E-state index is 12.7. The predicted octanol–water partition coefficient (Wildman–Crippen LogP) is 15.2. The molecule has 0 aromatic carbocycles. The quantitative estimate of drug-likeness (QED) is 0.0353. The zero-order chi connectivity index (χ0) is 39.3. The third kappa shape index (κ3) is 42.6. The number of unbranched alkanes of at least 4 members (excludes halogenated alkanes) is 23. The fraction of sp³-hybridized carbons (Fsp3) is 0.796. The molecule has 0 heterocycles.